The number of ether oxygens (including phenoxy) is 2. The minimum Gasteiger partial charge on any atom is -0.379 e. The molecule has 1 rings (SSSR count). The number of unbranched alkanes of at least 4 members (excludes halogenated alkanes) is 2. The van der Waals surface area contributed by atoms with Crippen molar-refractivity contribution in [2.45, 2.75) is 39.5 Å². The van der Waals surface area contributed by atoms with Crippen LogP contribution in [0.25, 0.3) is 0 Å². The molecule has 0 spiro atoms. The molecule has 20 heavy (non-hydrogen) atoms. The Morgan fingerprint density at radius 2 is 1.25 bits per heavy atom. The van der Waals surface area contributed by atoms with Gasteiger partial charge in [-0.2, -0.15) is 0 Å². The predicted octanol–water partition coefficient (Wildman–Crippen LogP) is 2.24. The van der Waals surface area contributed by atoms with Gasteiger partial charge in [0.05, 0.1) is 19.8 Å². The SMILES string of the molecule is CCCCCOCCOCCN1CCN(CCC)CC1. The molecule has 0 N–H and O–H groups in total. The van der Waals surface area contributed by atoms with Crippen molar-refractivity contribution in [1.29, 1.82) is 0 Å². The van der Waals surface area contributed by atoms with Crippen molar-refractivity contribution >= 4 is 0 Å². The van der Waals surface area contributed by atoms with Gasteiger partial charge in [0.2, 0.25) is 0 Å². The molecule has 0 bridgehead atoms. The van der Waals surface area contributed by atoms with Crippen LogP contribution < -0.4 is 0 Å². The van der Waals surface area contributed by atoms with Crippen LogP contribution >= 0.6 is 0 Å². The molecule has 1 aliphatic rings. The Labute approximate surface area is 125 Å². The van der Waals surface area contributed by atoms with Gasteiger partial charge in [-0.1, -0.05) is 26.7 Å². The third kappa shape index (κ3) is 8.90. The lowest BCUT2D eigenvalue weighted by molar-refractivity contribution is 0.0308. The Morgan fingerprint density at radius 1 is 0.650 bits per heavy atom. The van der Waals surface area contributed by atoms with Crippen LogP contribution in [0.1, 0.15) is 39.5 Å². The molecule has 0 saturated carbocycles. The molecule has 0 amide bonds. The van der Waals surface area contributed by atoms with Crippen molar-refractivity contribution in [3.05, 3.63) is 0 Å². The van der Waals surface area contributed by atoms with E-state index in [9.17, 15) is 0 Å². The maximum Gasteiger partial charge on any atom is 0.0701 e. The van der Waals surface area contributed by atoms with E-state index in [-0.39, 0.29) is 0 Å². The lowest BCUT2D eigenvalue weighted by Gasteiger charge is -2.34. The lowest BCUT2D eigenvalue weighted by Crippen LogP contribution is -2.47. The summed E-state index contributed by atoms with van der Waals surface area (Å²) in [6.45, 7) is 14.8. The lowest BCUT2D eigenvalue weighted by atomic mass is 10.3. The second kappa shape index (κ2) is 12.6. The van der Waals surface area contributed by atoms with Crippen LogP contribution in [0, 0.1) is 0 Å². The molecule has 4 heteroatoms. The monoisotopic (exact) mass is 286 g/mol. The van der Waals surface area contributed by atoms with E-state index in [2.05, 4.69) is 23.6 Å². The molecule has 0 unspecified atom stereocenters. The van der Waals surface area contributed by atoms with Crippen molar-refractivity contribution in [2.24, 2.45) is 0 Å². The summed E-state index contributed by atoms with van der Waals surface area (Å²) in [6, 6.07) is 0. The minimum absolute atomic E-state index is 0.738. The predicted molar refractivity (Wildman–Crippen MR) is 84.3 cm³/mol. The fraction of sp³-hybridized carbons (Fsp3) is 1.00. The van der Waals surface area contributed by atoms with Gasteiger partial charge in [0.25, 0.3) is 0 Å². The zero-order valence-corrected chi connectivity index (χ0v) is 13.6. The van der Waals surface area contributed by atoms with Gasteiger partial charge in [0.1, 0.15) is 0 Å². The fourth-order valence-corrected chi connectivity index (χ4v) is 2.52. The van der Waals surface area contributed by atoms with Crippen molar-refractivity contribution in [3.63, 3.8) is 0 Å². The van der Waals surface area contributed by atoms with Gasteiger partial charge in [-0.3, -0.25) is 4.90 Å². The quantitative estimate of drug-likeness (QED) is 0.514. The summed E-state index contributed by atoms with van der Waals surface area (Å²) in [5.41, 5.74) is 0. The Hall–Kier alpha value is -0.160. The molecule has 0 radical (unpaired) electrons. The summed E-state index contributed by atoms with van der Waals surface area (Å²) in [5.74, 6) is 0. The first-order chi connectivity index (χ1) is 9.86. The van der Waals surface area contributed by atoms with Crippen LogP contribution in [0.15, 0.2) is 0 Å². The molecular formula is C16H34N2O2. The molecular weight excluding hydrogens is 252 g/mol. The topological polar surface area (TPSA) is 24.9 Å². The maximum absolute atomic E-state index is 5.64. The van der Waals surface area contributed by atoms with Gasteiger partial charge in [-0.25, -0.2) is 0 Å². The van der Waals surface area contributed by atoms with E-state index < -0.39 is 0 Å². The minimum atomic E-state index is 0.738. The van der Waals surface area contributed by atoms with E-state index in [1.54, 1.807) is 0 Å². The molecule has 1 aliphatic heterocycles. The van der Waals surface area contributed by atoms with E-state index in [0.717, 1.165) is 33.0 Å². The standard InChI is InChI=1S/C16H34N2O2/c1-3-5-6-13-19-15-16-20-14-12-18-10-8-17(7-4-2)9-11-18/h3-16H2,1-2H3. The van der Waals surface area contributed by atoms with Crippen LogP contribution in [-0.2, 0) is 9.47 Å². The van der Waals surface area contributed by atoms with Crippen molar-refractivity contribution in [1.82, 2.24) is 9.80 Å². The van der Waals surface area contributed by atoms with Gasteiger partial charge < -0.3 is 14.4 Å². The van der Waals surface area contributed by atoms with E-state index in [4.69, 9.17) is 9.47 Å². The van der Waals surface area contributed by atoms with Crippen LogP contribution in [0.4, 0.5) is 0 Å². The summed E-state index contributed by atoms with van der Waals surface area (Å²) >= 11 is 0. The maximum atomic E-state index is 5.64. The van der Waals surface area contributed by atoms with Crippen LogP contribution in [0.3, 0.4) is 0 Å². The largest absolute Gasteiger partial charge is 0.379 e. The Bertz CT molecular complexity index is 207. The summed E-state index contributed by atoms with van der Waals surface area (Å²) in [6.07, 6.45) is 4.97. The molecule has 0 aromatic rings. The molecule has 1 heterocycles. The summed E-state index contributed by atoms with van der Waals surface area (Å²) in [5, 5.41) is 0. The molecule has 0 aliphatic carbocycles. The van der Waals surface area contributed by atoms with Crippen LogP contribution in [-0.4, -0.2) is 75.5 Å². The van der Waals surface area contributed by atoms with E-state index >= 15 is 0 Å². The fourth-order valence-electron chi connectivity index (χ4n) is 2.52. The van der Waals surface area contributed by atoms with E-state index in [1.165, 1.54) is 58.4 Å². The third-order valence-electron chi connectivity index (χ3n) is 3.82. The van der Waals surface area contributed by atoms with Crippen molar-refractivity contribution in [2.75, 3.05) is 65.7 Å². The first-order valence-electron chi connectivity index (χ1n) is 8.47. The Morgan fingerprint density at radius 3 is 1.85 bits per heavy atom. The highest BCUT2D eigenvalue weighted by Crippen LogP contribution is 2.02. The zero-order valence-electron chi connectivity index (χ0n) is 13.6. The number of rotatable bonds is 12. The van der Waals surface area contributed by atoms with Gasteiger partial charge in [-0.05, 0) is 19.4 Å². The molecule has 0 atom stereocenters. The molecule has 120 valence electrons. The van der Waals surface area contributed by atoms with Crippen molar-refractivity contribution < 1.29 is 9.47 Å². The summed E-state index contributed by atoms with van der Waals surface area (Å²) in [7, 11) is 0. The highest BCUT2D eigenvalue weighted by molar-refractivity contribution is 4.71. The molecule has 4 nitrogen and oxygen atoms in total. The Balaban J connectivity index is 1.83. The summed E-state index contributed by atoms with van der Waals surface area (Å²) < 4.78 is 11.2. The van der Waals surface area contributed by atoms with Gasteiger partial charge in [0, 0.05) is 39.3 Å². The molecule has 0 aromatic carbocycles. The summed E-state index contributed by atoms with van der Waals surface area (Å²) in [4.78, 5) is 5.07. The second-order valence-electron chi connectivity index (χ2n) is 5.62. The number of piperazine rings is 1. The second-order valence-corrected chi connectivity index (χ2v) is 5.62. The highest BCUT2D eigenvalue weighted by atomic mass is 16.5. The van der Waals surface area contributed by atoms with Gasteiger partial charge in [0.15, 0.2) is 0 Å². The van der Waals surface area contributed by atoms with Gasteiger partial charge in [-0.15, -0.1) is 0 Å². The van der Waals surface area contributed by atoms with Crippen molar-refractivity contribution in [3.8, 4) is 0 Å². The average Bonchev–Trinajstić information content (AvgIpc) is 2.47. The molecule has 1 saturated heterocycles. The molecule has 1 fully saturated rings. The number of hydrogen-bond donors (Lipinski definition) is 0. The number of nitrogens with zero attached hydrogens (tertiary/aromatic N) is 2. The smallest absolute Gasteiger partial charge is 0.0701 e. The van der Waals surface area contributed by atoms with Crippen LogP contribution in [0.2, 0.25) is 0 Å². The highest BCUT2D eigenvalue weighted by Gasteiger charge is 2.15. The first-order valence-corrected chi connectivity index (χ1v) is 8.47. The number of hydrogen-bond acceptors (Lipinski definition) is 4. The normalized spacial score (nSPS) is 17.7. The van der Waals surface area contributed by atoms with Crippen LogP contribution in [0.5, 0.6) is 0 Å². The first kappa shape index (κ1) is 17.9. The van der Waals surface area contributed by atoms with E-state index in [0.29, 0.717) is 0 Å². The average molecular weight is 286 g/mol. The zero-order chi connectivity index (χ0) is 14.5. The van der Waals surface area contributed by atoms with Gasteiger partial charge >= 0.3 is 0 Å². The third-order valence-corrected chi connectivity index (χ3v) is 3.82. The Kier molecular flexibility index (Phi) is 11.2. The molecule has 0 aromatic heterocycles. The van der Waals surface area contributed by atoms with E-state index in [1.807, 2.05) is 0 Å².